The molecule has 2 aromatic heterocycles. The van der Waals surface area contributed by atoms with Crippen LogP contribution in [0, 0.1) is 0 Å². The number of carbonyl (C=O) groups is 2. The van der Waals surface area contributed by atoms with Crippen LogP contribution in [0.25, 0.3) is 0 Å². The van der Waals surface area contributed by atoms with Crippen molar-refractivity contribution in [1.29, 1.82) is 0 Å². The maximum Gasteiger partial charge on any atom is 0.407 e. The van der Waals surface area contributed by atoms with Gasteiger partial charge in [0.05, 0.1) is 19.6 Å². The van der Waals surface area contributed by atoms with E-state index >= 15 is 0 Å². The van der Waals surface area contributed by atoms with Crippen LogP contribution >= 0.6 is 0 Å². The molecule has 1 fully saturated rings. The van der Waals surface area contributed by atoms with Crippen LogP contribution in [0.1, 0.15) is 50.3 Å². The van der Waals surface area contributed by atoms with Gasteiger partial charge < -0.3 is 20.1 Å². The predicted molar refractivity (Wildman–Crippen MR) is 107 cm³/mol. The van der Waals surface area contributed by atoms with Crippen molar-refractivity contribution in [2.45, 2.75) is 57.6 Å². The van der Waals surface area contributed by atoms with Gasteiger partial charge in [-0.15, -0.1) is 0 Å². The van der Waals surface area contributed by atoms with Gasteiger partial charge in [0, 0.05) is 36.0 Å². The number of nitrogens with zero attached hydrogens (tertiary/aromatic N) is 2. The molecule has 2 aromatic rings. The number of ether oxygens (including phenoxy) is 2. The number of amides is 2. The SMILES string of the molecule is COc1cc(CC(=O)Nc2cc([C@H]3CC[C@@H](NC(=O)OC(C)C)C3)[nH]n2)ccn1. The van der Waals surface area contributed by atoms with E-state index in [2.05, 4.69) is 25.8 Å². The van der Waals surface area contributed by atoms with E-state index in [0.717, 1.165) is 30.5 Å². The first-order valence-electron chi connectivity index (χ1n) is 9.74. The number of hydrogen-bond donors (Lipinski definition) is 3. The van der Waals surface area contributed by atoms with Gasteiger partial charge in [0.25, 0.3) is 0 Å². The molecule has 2 heterocycles. The molecule has 3 N–H and O–H groups in total. The lowest BCUT2D eigenvalue weighted by molar-refractivity contribution is -0.115. The van der Waals surface area contributed by atoms with Gasteiger partial charge in [-0.1, -0.05) is 0 Å². The third-order valence-corrected chi connectivity index (χ3v) is 4.78. The molecule has 1 aliphatic carbocycles. The third-order valence-electron chi connectivity index (χ3n) is 4.78. The van der Waals surface area contributed by atoms with Crippen LogP contribution in [-0.4, -0.2) is 46.4 Å². The molecule has 0 spiro atoms. The molecule has 9 nitrogen and oxygen atoms in total. The van der Waals surface area contributed by atoms with E-state index < -0.39 is 0 Å². The summed E-state index contributed by atoms with van der Waals surface area (Å²) in [7, 11) is 1.54. The lowest BCUT2D eigenvalue weighted by Gasteiger charge is -2.14. The Hall–Kier alpha value is -3.10. The molecule has 0 radical (unpaired) electrons. The van der Waals surface area contributed by atoms with Crippen molar-refractivity contribution in [2.75, 3.05) is 12.4 Å². The standard InChI is InChI=1S/C20H27N5O4/c1-12(2)29-20(27)22-15-5-4-14(10-15)16-11-17(25-24-16)23-18(26)8-13-6-7-21-19(9-13)28-3/h6-7,9,11-12,14-15H,4-5,8,10H2,1-3H3,(H,22,27)(H2,23,24,25,26)/t14-,15+/m0/s1. The predicted octanol–water partition coefficient (Wildman–Crippen LogP) is 2.77. The molecule has 9 heteroatoms. The summed E-state index contributed by atoms with van der Waals surface area (Å²) in [4.78, 5) is 28.1. The number of nitrogens with one attached hydrogen (secondary N) is 3. The van der Waals surface area contributed by atoms with Crippen LogP contribution in [-0.2, 0) is 16.0 Å². The fraction of sp³-hybridized carbons (Fsp3) is 0.500. The Kier molecular flexibility index (Phi) is 6.69. The first-order valence-corrected chi connectivity index (χ1v) is 9.74. The van der Waals surface area contributed by atoms with Crippen LogP contribution in [0.3, 0.4) is 0 Å². The monoisotopic (exact) mass is 401 g/mol. The third kappa shape index (κ3) is 5.94. The van der Waals surface area contributed by atoms with Crippen molar-refractivity contribution in [3.8, 4) is 5.88 Å². The first kappa shape index (κ1) is 20.6. The Labute approximate surface area is 169 Å². The van der Waals surface area contributed by atoms with Crippen molar-refractivity contribution in [3.63, 3.8) is 0 Å². The fourth-order valence-electron chi connectivity index (χ4n) is 3.46. The van der Waals surface area contributed by atoms with Gasteiger partial charge in [-0.2, -0.15) is 5.10 Å². The number of anilines is 1. The molecule has 0 saturated heterocycles. The molecule has 29 heavy (non-hydrogen) atoms. The molecule has 1 saturated carbocycles. The van der Waals surface area contributed by atoms with Crippen LogP contribution in [0.15, 0.2) is 24.4 Å². The number of rotatable bonds is 7. The van der Waals surface area contributed by atoms with E-state index in [0.29, 0.717) is 11.7 Å². The Morgan fingerprint density at radius 1 is 1.31 bits per heavy atom. The summed E-state index contributed by atoms with van der Waals surface area (Å²) in [6.45, 7) is 3.64. The van der Waals surface area contributed by atoms with Crippen LogP contribution in [0.2, 0.25) is 0 Å². The Morgan fingerprint density at radius 3 is 2.90 bits per heavy atom. The summed E-state index contributed by atoms with van der Waals surface area (Å²) < 4.78 is 10.2. The smallest absolute Gasteiger partial charge is 0.407 e. The molecule has 1 aliphatic rings. The van der Waals surface area contributed by atoms with Gasteiger partial charge in [0.1, 0.15) is 0 Å². The first-order chi connectivity index (χ1) is 13.9. The summed E-state index contributed by atoms with van der Waals surface area (Å²) in [5.74, 6) is 1.04. The molecule has 0 aliphatic heterocycles. The Morgan fingerprint density at radius 2 is 2.14 bits per heavy atom. The lowest BCUT2D eigenvalue weighted by atomic mass is 10.0. The largest absolute Gasteiger partial charge is 0.481 e. The Balaban J connectivity index is 1.50. The van der Waals surface area contributed by atoms with Crippen LogP contribution in [0.4, 0.5) is 10.6 Å². The van der Waals surface area contributed by atoms with E-state index in [4.69, 9.17) is 9.47 Å². The fourth-order valence-corrected chi connectivity index (χ4v) is 3.46. The average molecular weight is 401 g/mol. The van der Waals surface area contributed by atoms with Crippen molar-refractivity contribution in [3.05, 3.63) is 35.7 Å². The van der Waals surface area contributed by atoms with Gasteiger partial charge in [0.2, 0.25) is 11.8 Å². The number of aromatic amines is 1. The number of methoxy groups -OCH3 is 1. The van der Waals surface area contributed by atoms with Gasteiger partial charge in [-0.05, 0) is 44.7 Å². The highest BCUT2D eigenvalue weighted by Gasteiger charge is 2.29. The maximum absolute atomic E-state index is 12.3. The van der Waals surface area contributed by atoms with Gasteiger partial charge in [-0.25, -0.2) is 9.78 Å². The second-order valence-corrected chi connectivity index (χ2v) is 7.45. The topological polar surface area (TPSA) is 118 Å². The highest BCUT2D eigenvalue weighted by Crippen LogP contribution is 2.34. The number of aromatic nitrogens is 3. The molecule has 3 rings (SSSR count). The van der Waals surface area contributed by atoms with E-state index in [1.807, 2.05) is 19.9 Å². The zero-order valence-corrected chi connectivity index (χ0v) is 16.9. The van der Waals surface area contributed by atoms with Crippen molar-refractivity contribution in [2.24, 2.45) is 0 Å². The van der Waals surface area contributed by atoms with Crippen molar-refractivity contribution in [1.82, 2.24) is 20.5 Å². The van der Waals surface area contributed by atoms with E-state index in [9.17, 15) is 9.59 Å². The number of alkyl carbamates (subject to hydrolysis) is 1. The van der Waals surface area contributed by atoms with Gasteiger partial charge >= 0.3 is 6.09 Å². The zero-order valence-electron chi connectivity index (χ0n) is 16.9. The van der Waals surface area contributed by atoms with Crippen molar-refractivity contribution < 1.29 is 19.1 Å². The minimum Gasteiger partial charge on any atom is -0.481 e. The molecule has 2 amide bonds. The second kappa shape index (κ2) is 9.40. The lowest BCUT2D eigenvalue weighted by Crippen LogP contribution is -2.34. The minimum absolute atomic E-state index is 0.0780. The van der Waals surface area contributed by atoms with Crippen LogP contribution in [0.5, 0.6) is 5.88 Å². The molecular weight excluding hydrogens is 374 g/mol. The summed E-state index contributed by atoms with van der Waals surface area (Å²) >= 11 is 0. The zero-order chi connectivity index (χ0) is 20.8. The maximum atomic E-state index is 12.3. The molecule has 2 atom stereocenters. The number of pyridine rings is 1. The number of carbonyl (C=O) groups excluding carboxylic acids is 2. The summed E-state index contributed by atoms with van der Waals surface area (Å²) in [5, 5.41) is 12.9. The average Bonchev–Trinajstić information content (AvgIpc) is 3.30. The number of hydrogen-bond acceptors (Lipinski definition) is 6. The Bertz CT molecular complexity index is 851. The van der Waals surface area contributed by atoms with E-state index in [-0.39, 0.29) is 36.5 Å². The highest BCUT2D eigenvalue weighted by molar-refractivity contribution is 5.91. The van der Waals surface area contributed by atoms with E-state index in [1.54, 1.807) is 18.3 Å². The van der Waals surface area contributed by atoms with Gasteiger partial charge in [-0.3, -0.25) is 9.89 Å². The van der Waals surface area contributed by atoms with Crippen LogP contribution < -0.4 is 15.4 Å². The molecular formula is C20H27N5O4. The summed E-state index contributed by atoms with van der Waals surface area (Å²) in [5.41, 5.74) is 1.76. The molecule has 0 aromatic carbocycles. The second-order valence-electron chi connectivity index (χ2n) is 7.45. The quantitative estimate of drug-likeness (QED) is 0.656. The van der Waals surface area contributed by atoms with E-state index in [1.165, 1.54) is 7.11 Å². The van der Waals surface area contributed by atoms with Gasteiger partial charge in [0.15, 0.2) is 5.82 Å². The number of H-pyrrole nitrogens is 1. The summed E-state index contributed by atoms with van der Waals surface area (Å²) in [6, 6.07) is 5.43. The normalized spacial score (nSPS) is 18.5. The summed E-state index contributed by atoms with van der Waals surface area (Å²) in [6.07, 6.45) is 3.90. The molecule has 156 valence electrons. The van der Waals surface area contributed by atoms with Crippen molar-refractivity contribution >= 4 is 17.8 Å². The molecule has 0 bridgehead atoms. The molecule has 0 unspecified atom stereocenters. The minimum atomic E-state index is -0.379. The highest BCUT2D eigenvalue weighted by atomic mass is 16.6.